The monoisotopic (exact) mass is 390 g/mol. The Bertz CT molecular complexity index is 1040. The van der Waals surface area contributed by atoms with E-state index in [-0.39, 0.29) is 5.56 Å². The minimum absolute atomic E-state index is 0.124. The van der Waals surface area contributed by atoms with Crippen molar-refractivity contribution in [2.24, 2.45) is 5.92 Å². The van der Waals surface area contributed by atoms with Crippen molar-refractivity contribution in [3.63, 3.8) is 0 Å². The van der Waals surface area contributed by atoms with Crippen molar-refractivity contribution in [2.45, 2.75) is 25.4 Å². The number of aromatic nitrogens is 1. The number of fused-ring (bicyclic) bond motifs is 4. The first kappa shape index (κ1) is 17.7. The highest BCUT2D eigenvalue weighted by Gasteiger charge is 2.36. The van der Waals surface area contributed by atoms with Crippen LogP contribution in [0.25, 0.3) is 11.1 Å². The van der Waals surface area contributed by atoms with Gasteiger partial charge in [-0.25, -0.2) is 0 Å². The lowest BCUT2D eigenvalue weighted by Crippen LogP contribution is -2.47. The molecule has 5 rings (SSSR count). The summed E-state index contributed by atoms with van der Waals surface area (Å²) in [5, 5.41) is 0.734. The number of hydrogen-bond acceptors (Lipinski definition) is 2. The van der Waals surface area contributed by atoms with Gasteiger partial charge in [0.25, 0.3) is 5.56 Å². The van der Waals surface area contributed by atoms with Crippen molar-refractivity contribution in [1.82, 2.24) is 9.47 Å². The zero-order valence-electron chi connectivity index (χ0n) is 15.7. The van der Waals surface area contributed by atoms with E-state index in [1.54, 1.807) is 6.07 Å². The largest absolute Gasteiger partial charge is 0.311 e. The average Bonchev–Trinajstić information content (AvgIpc) is 2.70. The van der Waals surface area contributed by atoms with E-state index in [9.17, 15) is 4.79 Å². The lowest BCUT2D eigenvalue weighted by atomic mass is 9.80. The minimum Gasteiger partial charge on any atom is -0.311 e. The molecular weight excluding hydrogens is 368 g/mol. The molecule has 3 heterocycles. The van der Waals surface area contributed by atoms with Crippen molar-refractivity contribution in [3.8, 4) is 11.1 Å². The van der Waals surface area contributed by atoms with Crippen molar-refractivity contribution < 1.29 is 0 Å². The number of nitrogens with zero attached hydrogens (tertiary/aromatic N) is 2. The summed E-state index contributed by atoms with van der Waals surface area (Å²) in [4.78, 5) is 15.2. The van der Waals surface area contributed by atoms with Gasteiger partial charge in [0, 0.05) is 54.4 Å². The van der Waals surface area contributed by atoms with Gasteiger partial charge >= 0.3 is 0 Å². The van der Waals surface area contributed by atoms with Crippen molar-refractivity contribution in [2.75, 3.05) is 13.1 Å². The maximum absolute atomic E-state index is 12.6. The SMILES string of the molecule is O=c1ccc(-c2ccc(Cl)cc2)c2n1CC1CC2CN(Cc2ccccc2)C1. The zero-order valence-corrected chi connectivity index (χ0v) is 16.5. The van der Waals surface area contributed by atoms with Gasteiger partial charge in [0.15, 0.2) is 0 Å². The first-order valence-electron chi connectivity index (χ1n) is 9.93. The van der Waals surface area contributed by atoms with E-state index in [0.717, 1.165) is 43.2 Å². The minimum atomic E-state index is 0.124. The van der Waals surface area contributed by atoms with Crippen LogP contribution in [0.5, 0.6) is 0 Å². The first-order chi connectivity index (χ1) is 13.7. The first-order valence-corrected chi connectivity index (χ1v) is 10.3. The highest BCUT2D eigenvalue weighted by Crippen LogP contribution is 2.40. The number of piperidine rings is 1. The van der Waals surface area contributed by atoms with Gasteiger partial charge in [-0.3, -0.25) is 9.69 Å². The maximum Gasteiger partial charge on any atom is 0.250 e. The van der Waals surface area contributed by atoms with E-state index >= 15 is 0 Å². The average molecular weight is 391 g/mol. The van der Waals surface area contributed by atoms with Crippen LogP contribution in [0.15, 0.2) is 71.5 Å². The van der Waals surface area contributed by atoms with Crippen LogP contribution in [0, 0.1) is 5.92 Å². The summed E-state index contributed by atoms with van der Waals surface area (Å²) in [5.41, 5.74) is 4.97. The molecule has 2 bridgehead atoms. The smallest absolute Gasteiger partial charge is 0.250 e. The van der Waals surface area contributed by atoms with Crippen molar-refractivity contribution in [1.29, 1.82) is 0 Å². The number of rotatable bonds is 3. The van der Waals surface area contributed by atoms with Gasteiger partial charge in [-0.1, -0.05) is 54.1 Å². The second-order valence-corrected chi connectivity index (χ2v) is 8.50. The van der Waals surface area contributed by atoms with Crippen molar-refractivity contribution >= 4 is 11.6 Å². The third kappa shape index (κ3) is 3.30. The van der Waals surface area contributed by atoms with Gasteiger partial charge in [-0.2, -0.15) is 0 Å². The lowest BCUT2D eigenvalue weighted by molar-refractivity contribution is 0.115. The fourth-order valence-corrected chi connectivity index (χ4v) is 5.08. The number of hydrogen-bond donors (Lipinski definition) is 0. The van der Waals surface area contributed by atoms with Gasteiger partial charge in [-0.05, 0) is 41.7 Å². The molecule has 0 radical (unpaired) electrons. The molecule has 1 aromatic heterocycles. The van der Waals surface area contributed by atoms with E-state index in [1.165, 1.54) is 16.8 Å². The number of benzene rings is 2. The molecule has 1 saturated heterocycles. The highest BCUT2D eigenvalue weighted by molar-refractivity contribution is 6.30. The van der Waals surface area contributed by atoms with Gasteiger partial charge in [0.05, 0.1) is 0 Å². The van der Waals surface area contributed by atoms with E-state index < -0.39 is 0 Å². The molecule has 2 aliphatic heterocycles. The quantitative estimate of drug-likeness (QED) is 0.642. The fraction of sp³-hybridized carbons (Fsp3) is 0.292. The molecule has 2 aromatic carbocycles. The third-order valence-corrected chi connectivity index (χ3v) is 6.32. The number of pyridine rings is 1. The Morgan fingerprint density at radius 3 is 2.46 bits per heavy atom. The van der Waals surface area contributed by atoms with Crippen LogP contribution < -0.4 is 5.56 Å². The van der Waals surface area contributed by atoms with Crippen LogP contribution in [0.2, 0.25) is 5.02 Å². The predicted octanol–water partition coefficient (Wildman–Crippen LogP) is 4.79. The Balaban J connectivity index is 1.51. The van der Waals surface area contributed by atoms with Gasteiger partial charge in [0.2, 0.25) is 0 Å². The molecule has 0 aliphatic carbocycles. The number of likely N-dealkylation sites (tertiary alicyclic amines) is 1. The van der Waals surface area contributed by atoms with Gasteiger partial charge < -0.3 is 4.57 Å². The Kier molecular flexibility index (Phi) is 4.58. The summed E-state index contributed by atoms with van der Waals surface area (Å²) in [6.07, 6.45) is 1.16. The van der Waals surface area contributed by atoms with Crippen LogP contribution in [0.4, 0.5) is 0 Å². The zero-order chi connectivity index (χ0) is 19.1. The maximum atomic E-state index is 12.6. The lowest BCUT2D eigenvalue weighted by Gasteiger charge is -2.43. The molecular formula is C24H23ClN2O. The normalized spacial score (nSPS) is 21.3. The van der Waals surface area contributed by atoms with Crippen LogP contribution in [-0.2, 0) is 13.1 Å². The molecule has 3 nitrogen and oxygen atoms in total. The van der Waals surface area contributed by atoms with E-state index in [1.807, 2.05) is 22.8 Å². The van der Waals surface area contributed by atoms with Gasteiger partial charge in [-0.15, -0.1) is 0 Å². The molecule has 2 unspecified atom stereocenters. The molecule has 0 spiro atoms. The van der Waals surface area contributed by atoms with E-state index in [0.29, 0.717) is 11.8 Å². The highest BCUT2D eigenvalue weighted by atomic mass is 35.5. The number of halogens is 1. The molecule has 2 atom stereocenters. The predicted molar refractivity (Wildman–Crippen MR) is 114 cm³/mol. The molecule has 28 heavy (non-hydrogen) atoms. The van der Waals surface area contributed by atoms with E-state index in [2.05, 4.69) is 47.4 Å². The van der Waals surface area contributed by atoms with Crippen LogP contribution in [0.1, 0.15) is 23.6 Å². The molecule has 3 aromatic rings. The topological polar surface area (TPSA) is 25.2 Å². The molecule has 142 valence electrons. The summed E-state index contributed by atoms with van der Waals surface area (Å²) in [6, 6.07) is 22.3. The Morgan fingerprint density at radius 2 is 1.68 bits per heavy atom. The Morgan fingerprint density at radius 1 is 0.893 bits per heavy atom. The summed E-state index contributed by atoms with van der Waals surface area (Å²) in [6.45, 7) is 3.84. The summed E-state index contributed by atoms with van der Waals surface area (Å²) in [5.74, 6) is 0.920. The van der Waals surface area contributed by atoms with Crippen LogP contribution in [-0.4, -0.2) is 22.6 Å². The van der Waals surface area contributed by atoms with E-state index in [4.69, 9.17) is 11.6 Å². The molecule has 1 fully saturated rings. The molecule has 2 aliphatic rings. The van der Waals surface area contributed by atoms with Crippen molar-refractivity contribution in [3.05, 3.63) is 93.4 Å². The summed E-state index contributed by atoms with van der Waals surface area (Å²) in [7, 11) is 0. The second-order valence-electron chi connectivity index (χ2n) is 8.07. The van der Waals surface area contributed by atoms with Crippen LogP contribution in [0.3, 0.4) is 0 Å². The third-order valence-electron chi connectivity index (χ3n) is 6.07. The Labute approximate surface area is 170 Å². The summed E-state index contributed by atoms with van der Waals surface area (Å²) < 4.78 is 2.03. The molecule has 0 amide bonds. The molecule has 4 heteroatoms. The second kappa shape index (κ2) is 7.23. The molecule has 0 N–H and O–H groups in total. The van der Waals surface area contributed by atoms with Crippen LogP contribution >= 0.6 is 11.6 Å². The summed E-state index contributed by atoms with van der Waals surface area (Å²) >= 11 is 6.09. The standard InChI is InChI=1S/C24H23ClN2O/c25-21-8-6-19(7-9-21)22-10-11-23(28)27-15-18-12-20(24(22)27)16-26(14-18)13-17-4-2-1-3-5-17/h1-11,18,20H,12-16H2. The van der Waals surface area contributed by atoms with Gasteiger partial charge in [0.1, 0.15) is 0 Å². The Hall–Kier alpha value is -2.36. The fourth-order valence-electron chi connectivity index (χ4n) is 4.96. The molecule has 0 saturated carbocycles.